The third-order valence-corrected chi connectivity index (χ3v) is 2.05. The number of nitriles is 1. The van der Waals surface area contributed by atoms with Crippen molar-refractivity contribution in [1.82, 2.24) is 5.32 Å². The van der Waals surface area contributed by atoms with E-state index >= 15 is 0 Å². The molecule has 0 aromatic heterocycles. The smallest absolute Gasteiger partial charge is 0.286 e. The van der Waals surface area contributed by atoms with Crippen molar-refractivity contribution in [2.75, 3.05) is 13.6 Å². The molecule has 0 aliphatic rings. The van der Waals surface area contributed by atoms with Crippen LogP contribution in [0.5, 0.6) is 0 Å². The topological polar surface area (TPSA) is 79.0 Å². The lowest BCUT2D eigenvalue weighted by Gasteiger charge is -1.95. The third-order valence-electron chi connectivity index (χ3n) is 2.05. The molecule has 0 heterocycles. The minimum atomic E-state index is -0.525. The lowest BCUT2D eigenvalue weighted by molar-refractivity contribution is -0.385. The van der Waals surface area contributed by atoms with E-state index in [1.54, 1.807) is 0 Å². The zero-order valence-electron chi connectivity index (χ0n) is 9.36. The van der Waals surface area contributed by atoms with Gasteiger partial charge in [-0.25, -0.2) is 0 Å². The van der Waals surface area contributed by atoms with Crippen molar-refractivity contribution in [3.8, 4) is 17.9 Å². The summed E-state index contributed by atoms with van der Waals surface area (Å²) in [6, 6.07) is 6.13. The number of nitrogens with zero attached hydrogens (tertiary/aromatic N) is 2. The minimum absolute atomic E-state index is 0.124. The Hall–Kier alpha value is -2.37. The molecular formula is C12H11N3O2. The van der Waals surface area contributed by atoms with Crippen molar-refractivity contribution in [2.24, 2.45) is 0 Å². The van der Waals surface area contributed by atoms with E-state index in [2.05, 4.69) is 17.2 Å². The fraction of sp³-hybridized carbons (Fsp3) is 0.250. The highest BCUT2D eigenvalue weighted by Crippen LogP contribution is 2.18. The van der Waals surface area contributed by atoms with Crippen LogP contribution in [0.25, 0.3) is 0 Å². The Balaban J connectivity index is 3.02. The van der Waals surface area contributed by atoms with Gasteiger partial charge in [0, 0.05) is 19.0 Å². The van der Waals surface area contributed by atoms with Crippen LogP contribution < -0.4 is 5.32 Å². The van der Waals surface area contributed by atoms with E-state index in [-0.39, 0.29) is 11.3 Å². The van der Waals surface area contributed by atoms with Crippen molar-refractivity contribution in [3.05, 3.63) is 39.4 Å². The maximum absolute atomic E-state index is 10.8. The maximum Gasteiger partial charge on any atom is 0.286 e. The Kier molecular flexibility index (Phi) is 4.68. The molecule has 0 fully saturated rings. The normalized spacial score (nSPS) is 8.94. The number of nitrogens with one attached hydrogen (secondary N) is 1. The van der Waals surface area contributed by atoms with Crippen molar-refractivity contribution < 1.29 is 4.92 Å². The Bertz CT molecular complexity index is 521. The van der Waals surface area contributed by atoms with Gasteiger partial charge in [-0.05, 0) is 19.2 Å². The predicted molar refractivity (Wildman–Crippen MR) is 63.2 cm³/mol. The summed E-state index contributed by atoms with van der Waals surface area (Å²) in [7, 11) is 1.81. The number of hydrogen-bond acceptors (Lipinski definition) is 4. The van der Waals surface area contributed by atoms with Crippen molar-refractivity contribution >= 4 is 5.69 Å². The van der Waals surface area contributed by atoms with Crippen LogP contribution in [0.15, 0.2) is 18.2 Å². The second kappa shape index (κ2) is 6.26. The summed E-state index contributed by atoms with van der Waals surface area (Å²) >= 11 is 0. The zero-order chi connectivity index (χ0) is 12.7. The lowest BCUT2D eigenvalue weighted by Crippen LogP contribution is -2.05. The van der Waals surface area contributed by atoms with Crippen LogP contribution >= 0.6 is 0 Å². The number of hydrogen-bond donors (Lipinski definition) is 1. The summed E-state index contributed by atoms with van der Waals surface area (Å²) in [5, 5.41) is 22.4. The van der Waals surface area contributed by atoms with Gasteiger partial charge in [-0.1, -0.05) is 11.8 Å². The predicted octanol–water partition coefficient (Wildman–Crippen LogP) is 1.43. The highest BCUT2D eigenvalue weighted by molar-refractivity contribution is 5.54. The van der Waals surface area contributed by atoms with Gasteiger partial charge >= 0.3 is 0 Å². The molecule has 0 saturated heterocycles. The Morgan fingerprint density at radius 3 is 2.88 bits per heavy atom. The van der Waals surface area contributed by atoms with Crippen molar-refractivity contribution in [3.63, 3.8) is 0 Å². The van der Waals surface area contributed by atoms with E-state index in [1.165, 1.54) is 18.2 Å². The van der Waals surface area contributed by atoms with Gasteiger partial charge in [0.1, 0.15) is 5.56 Å². The number of benzene rings is 1. The molecule has 0 aliphatic carbocycles. The van der Waals surface area contributed by atoms with Gasteiger partial charge in [0.15, 0.2) is 0 Å². The number of nitro groups is 1. The van der Waals surface area contributed by atoms with Crippen LogP contribution in [0, 0.1) is 33.3 Å². The zero-order valence-corrected chi connectivity index (χ0v) is 9.36. The second-order valence-corrected chi connectivity index (χ2v) is 3.26. The number of rotatable bonds is 3. The largest absolute Gasteiger partial charge is 0.319 e. The first kappa shape index (κ1) is 12.7. The van der Waals surface area contributed by atoms with E-state index in [4.69, 9.17) is 5.26 Å². The summed E-state index contributed by atoms with van der Waals surface area (Å²) in [5.41, 5.74) is 0.476. The highest BCUT2D eigenvalue weighted by atomic mass is 16.6. The summed E-state index contributed by atoms with van der Waals surface area (Å²) in [4.78, 5) is 10.3. The van der Waals surface area contributed by atoms with Crippen LogP contribution in [0.4, 0.5) is 5.69 Å². The molecule has 0 unspecified atom stereocenters. The fourth-order valence-corrected chi connectivity index (χ4v) is 1.20. The monoisotopic (exact) mass is 229 g/mol. The first-order valence-corrected chi connectivity index (χ1v) is 5.01. The van der Waals surface area contributed by atoms with E-state index < -0.39 is 4.92 Å². The molecule has 0 aliphatic heterocycles. The van der Waals surface area contributed by atoms with Crippen molar-refractivity contribution in [2.45, 2.75) is 6.42 Å². The van der Waals surface area contributed by atoms with Gasteiger partial charge in [-0.15, -0.1) is 0 Å². The Morgan fingerprint density at radius 2 is 2.29 bits per heavy atom. The second-order valence-electron chi connectivity index (χ2n) is 3.26. The first-order valence-electron chi connectivity index (χ1n) is 5.01. The molecule has 0 radical (unpaired) electrons. The average molecular weight is 229 g/mol. The third kappa shape index (κ3) is 3.60. The summed E-state index contributed by atoms with van der Waals surface area (Å²) in [6.45, 7) is 0.733. The van der Waals surface area contributed by atoms with Crippen LogP contribution in [0.2, 0.25) is 0 Å². The molecule has 0 amide bonds. The summed E-state index contributed by atoms with van der Waals surface area (Å²) in [6.07, 6.45) is 0.619. The van der Waals surface area contributed by atoms with Crippen molar-refractivity contribution in [1.29, 1.82) is 5.26 Å². The molecule has 0 bridgehead atoms. The van der Waals surface area contributed by atoms with Crippen LogP contribution in [0.3, 0.4) is 0 Å². The molecule has 1 aromatic rings. The van der Waals surface area contributed by atoms with Gasteiger partial charge in [0.05, 0.1) is 16.6 Å². The average Bonchev–Trinajstić information content (AvgIpc) is 2.34. The molecule has 17 heavy (non-hydrogen) atoms. The van der Waals surface area contributed by atoms with E-state index in [1.807, 2.05) is 13.1 Å². The van der Waals surface area contributed by atoms with E-state index in [0.717, 1.165) is 6.54 Å². The highest BCUT2D eigenvalue weighted by Gasteiger charge is 2.12. The quantitative estimate of drug-likeness (QED) is 0.368. The first-order chi connectivity index (χ1) is 8.19. The maximum atomic E-state index is 10.8. The van der Waals surface area contributed by atoms with Crippen LogP contribution in [0.1, 0.15) is 17.5 Å². The molecule has 0 saturated carbocycles. The van der Waals surface area contributed by atoms with Gasteiger partial charge in [-0.2, -0.15) is 5.26 Å². The Labute approximate surface area is 99.2 Å². The molecule has 5 heteroatoms. The standard InChI is InChI=1S/C12H11N3O2/c1-14-7-3-2-4-11-6-5-10(9-13)8-12(11)15(16)17/h5-6,8,14H,3,7H2,1H3. The Morgan fingerprint density at radius 1 is 1.53 bits per heavy atom. The van der Waals surface area contributed by atoms with Gasteiger partial charge in [-0.3, -0.25) is 10.1 Å². The molecule has 0 atom stereocenters. The van der Waals surface area contributed by atoms with E-state index in [9.17, 15) is 10.1 Å². The van der Waals surface area contributed by atoms with Gasteiger partial charge in [0.2, 0.25) is 0 Å². The summed E-state index contributed by atoms with van der Waals surface area (Å²) < 4.78 is 0. The molecule has 5 nitrogen and oxygen atoms in total. The van der Waals surface area contributed by atoms with Crippen LogP contribution in [-0.2, 0) is 0 Å². The van der Waals surface area contributed by atoms with Gasteiger partial charge < -0.3 is 5.32 Å². The lowest BCUT2D eigenvalue weighted by atomic mass is 10.1. The van der Waals surface area contributed by atoms with E-state index in [0.29, 0.717) is 12.0 Å². The fourth-order valence-electron chi connectivity index (χ4n) is 1.20. The molecule has 1 aromatic carbocycles. The molecule has 86 valence electrons. The van der Waals surface area contributed by atoms with Crippen LogP contribution in [-0.4, -0.2) is 18.5 Å². The molecule has 1 rings (SSSR count). The SMILES string of the molecule is CNCCC#Cc1ccc(C#N)cc1[N+](=O)[O-]. The molecule has 0 spiro atoms. The minimum Gasteiger partial charge on any atom is -0.319 e. The molecule has 1 N–H and O–H groups in total. The summed E-state index contributed by atoms with van der Waals surface area (Å²) in [5.74, 6) is 5.58. The van der Waals surface area contributed by atoms with Gasteiger partial charge in [0.25, 0.3) is 5.69 Å². The number of nitro benzene ring substituents is 1. The molecular weight excluding hydrogens is 218 g/mol.